The molecule has 0 saturated carbocycles. The maximum Gasteiger partial charge on any atom is 0.307 e. The predicted octanol–water partition coefficient (Wildman–Crippen LogP) is 1.67. The minimum Gasteiger partial charge on any atom is -0.481 e. The number of carboxylic acids is 1. The Morgan fingerprint density at radius 2 is 1.64 bits per heavy atom. The number of nitrogens with two attached hydrogens (primary N) is 1. The fraction of sp³-hybridized carbons (Fsp3) is 0.111. The van der Waals surface area contributed by atoms with E-state index in [1.165, 1.54) is 11.6 Å². The number of hydrogen-bond acceptors (Lipinski definition) is 2. The van der Waals surface area contributed by atoms with Gasteiger partial charge in [-0.3, -0.25) is 9.59 Å². The van der Waals surface area contributed by atoms with Crippen LogP contribution in [0.1, 0.15) is 6.42 Å². The molecule has 0 atom stereocenters. The lowest BCUT2D eigenvalue weighted by atomic mass is 10.4. The van der Waals surface area contributed by atoms with Crippen LogP contribution in [0.5, 0.6) is 0 Å². The van der Waals surface area contributed by atoms with Crippen molar-refractivity contribution in [1.29, 1.82) is 0 Å². The highest BCUT2D eigenvalue weighted by molar-refractivity contribution is 6.25. The van der Waals surface area contributed by atoms with Gasteiger partial charge in [-0.05, 0) is 11.6 Å². The first-order chi connectivity index (χ1) is 6.45. The quantitative estimate of drug-likeness (QED) is 0.560. The molecule has 14 heavy (non-hydrogen) atoms. The number of carboxylic acid groups (broad SMARTS) is 1. The highest BCUT2D eigenvalue weighted by atomic mass is 35.5. The maximum atomic E-state index is 9.53. The van der Waals surface area contributed by atoms with Crippen LogP contribution in [-0.2, 0) is 9.59 Å². The van der Waals surface area contributed by atoms with E-state index in [0.717, 1.165) is 6.08 Å². The van der Waals surface area contributed by atoms with Gasteiger partial charge in [0, 0.05) is 0 Å². The molecule has 0 aromatic heterocycles. The summed E-state index contributed by atoms with van der Waals surface area (Å²) in [6.07, 6.45) is 2.46. The molecular formula is C9H14ClNO3. The average Bonchev–Trinajstić information content (AvgIpc) is 2.06. The molecule has 80 valence electrons. The Labute approximate surface area is 88.4 Å². The van der Waals surface area contributed by atoms with Gasteiger partial charge < -0.3 is 10.8 Å². The maximum absolute atomic E-state index is 9.53. The standard InChI is InChI=1S/C4H6O2.C3H5NO.C2H3Cl/c1-2-3-4(5)6;1-2-3(4)5;1-2-3/h2H,1,3H2,(H,5,6);2H,1H2,(H2,4,5);2H,1H2. The van der Waals surface area contributed by atoms with Crippen molar-refractivity contribution in [2.45, 2.75) is 6.42 Å². The van der Waals surface area contributed by atoms with E-state index < -0.39 is 11.9 Å². The zero-order valence-corrected chi connectivity index (χ0v) is 8.54. The van der Waals surface area contributed by atoms with Crippen molar-refractivity contribution >= 4 is 23.5 Å². The molecule has 0 spiro atoms. The summed E-state index contributed by atoms with van der Waals surface area (Å²) in [5.41, 5.74) is 5.76. The molecule has 5 heteroatoms. The third-order valence-electron chi connectivity index (χ3n) is 0.520. The summed E-state index contributed by atoms with van der Waals surface area (Å²) in [5.74, 6) is -1.31. The van der Waals surface area contributed by atoms with Gasteiger partial charge in [-0.1, -0.05) is 30.8 Å². The van der Waals surface area contributed by atoms with Crippen molar-refractivity contribution in [3.63, 3.8) is 0 Å². The second kappa shape index (κ2) is 17.5. The fourth-order valence-electron chi connectivity index (χ4n) is 0.123. The molecule has 0 fully saturated rings. The van der Waals surface area contributed by atoms with Gasteiger partial charge in [-0.25, -0.2) is 0 Å². The van der Waals surface area contributed by atoms with E-state index in [2.05, 4.69) is 25.5 Å². The van der Waals surface area contributed by atoms with Crippen LogP contribution in [0.15, 0.2) is 37.4 Å². The summed E-state index contributed by atoms with van der Waals surface area (Å²) in [6.45, 7) is 9.43. The summed E-state index contributed by atoms with van der Waals surface area (Å²) in [5, 5.41) is 7.84. The Hall–Kier alpha value is -1.55. The monoisotopic (exact) mass is 219 g/mol. The van der Waals surface area contributed by atoms with E-state index in [0.29, 0.717) is 0 Å². The number of rotatable bonds is 3. The average molecular weight is 220 g/mol. The summed E-state index contributed by atoms with van der Waals surface area (Å²) in [6, 6.07) is 0. The summed E-state index contributed by atoms with van der Waals surface area (Å²) < 4.78 is 0. The number of carbonyl (C=O) groups is 2. The molecule has 0 aromatic carbocycles. The molecule has 0 radical (unpaired) electrons. The number of primary amides is 1. The van der Waals surface area contributed by atoms with E-state index in [1.807, 2.05) is 0 Å². The molecule has 0 aliphatic heterocycles. The van der Waals surface area contributed by atoms with Crippen LogP contribution in [0.2, 0.25) is 0 Å². The molecule has 0 saturated heterocycles. The van der Waals surface area contributed by atoms with E-state index >= 15 is 0 Å². The van der Waals surface area contributed by atoms with Crippen molar-refractivity contribution in [2.75, 3.05) is 0 Å². The number of aliphatic carboxylic acids is 1. The Morgan fingerprint density at radius 1 is 1.36 bits per heavy atom. The van der Waals surface area contributed by atoms with Gasteiger partial charge >= 0.3 is 5.97 Å². The largest absolute Gasteiger partial charge is 0.481 e. The molecule has 0 aromatic rings. The second-order valence-electron chi connectivity index (χ2n) is 1.65. The second-order valence-corrected chi connectivity index (χ2v) is 1.96. The molecular weight excluding hydrogens is 206 g/mol. The number of carbonyl (C=O) groups excluding carboxylic acids is 1. The molecule has 0 aliphatic carbocycles. The van der Waals surface area contributed by atoms with Crippen molar-refractivity contribution in [3.05, 3.63) is 37.4 Å². The third-order valence-corrected chi connectivity index (χ3v) is 0.520. The van der Waals surface area contributed by atoms with Crippen molar-refractivity contribution in [2.24, 2.45) is 5.73 Å². The van der Waals surface area contributed by atoms with Crippen LogP contribution in [0.4, 0.5) is 0 Å². The Balaban J connectivity index is -0.000000138. The van der Waals surface area contributed by atoms with Gasteiger partial charge in [0.05, 0.1) is 6.42 Å². The third kappa shape index (κ3) is 78.4. The topological polar surface area (TPSA) is 80.4 Å². The van der Waals surface area contributed by atoms with E-state index in [-0.39, 0.29) is 6.42 Å². The normalized spacial score (nSPS) is 6.36. The van der Waals surface area contributed by atoms with Gasteiger partial charge in [0.1, 0.15) is 0 Å². The molecule has 0 bridgehead atoms. The fourth-order valence-corrected chi connectivity index (χ4v) is 0.123. The SMILES string of the molecule is C=CC(N)=O.C=CCC(=O)O.C=CCl. The van der Waals surface area contributed by atoms with Gasteiger partial charge in [0.25, 0.3) is 0 Å². The van der Waals surface area contributed by atoms with Gasteiger partial charge in [0.15, 0.2) is 0 Å². The molecule has 0 unspecified atom stereocenters. The smallest absolute Gasteiger partial charge is 0.307 e. The highest BCUT2D eigenvalue weighted by Gasteiger charge is 1.84. The van der Waals surface area contributed by atoms with Crippen LogP contribution in [-0.4, -0.2) is 17.0 Å². The lowest BCUT2D eigenvalue weighted by Crippen LogP contribution is -2.04. The van der Waals surface area contributed by atoms with E-state index in [9.17, 15) is 9.59 Å². The minimum absolute atomic E-state index is 0.0556. The number of amides is 1. The molecule has 3 N–H and O–H groups in total. The van der Waals surface area contributed by atoms with Crippen LogP contribution in [0.3, 0.4) is 0 Å². The lowest BCUT2D eigenvalue weighted by molar-refractivity contribution is -0.136. The summed E-state index contributed by atoms with van der Waals surface area (Å²) >= 11 is 4.76. The molecule has 0 aliphatic rings. The van der Waals surface area contributed by atoms with Gasteiger partial charge in [-0.2, -0.15) is 0 Å². The van der Waals surface area contributed by atoms with Crippen LogP contribution in [0, 0.1) is 0 Å². The van der Waals surface area contributed by atoms with E-state index in [1.54, 1.807) is 0 Å². The van der Waals surface area contributed by atoms with Crippen molar-refractivity contribution < 1.29 is 14.7 Å². The zero-order valence-electron chi connectivity index (χ0n) is 7.78. The summed E-state index contributed by atoms with van der Waals surface area (Å²) in [7, 11) is 0. The highest BCUT2D eigenvalue weighted by Crippen LogP contribution is 1.74. The Morgan fingerprint density at radius 3 is 1.64 bits per heavy atom. The first-order valence-electron chi connectivity index (χ1n) is 3.41. The molecule has 0 heterocycles. The predicted molar refractivity (Wildman–Crippen MR) is 57.9 cm³/mol. The van der Waals surface area contributed by atoms with Gasteiger partial charge in [-0.15, -0.1) is 6.58 Å². The van der Waals surface area contributed by atoms with Gasteiger partial charge in [0.2, 0.25) is 5.91 Å². The van der Waals surface area contributed by atoms with Crippen LogP contribution >= 0.6 is 11.6 Å². The zero-order chi connectivity index (χ0) is 12.0. The molecule has 0 rings (SSSR count). The van der Waals surface area contributed by atoms with E-state index in [4.69, 9.17) is 16.7 Å². The first-order valence-corrected chi connectivity index (χ1v) is 3.85. The van der Waals surface area contributed by atoms with Crippen molar-refractivity contribution in [3.8, 4) is 0 Å². The Kier molecular flexibility index (Phi) is 22.9. The first kappa shape index (κ1) is 18.3. The Bertz CT molecular complexity index is 202. The molecule has 1 amide bonds. The van der Waals surface area contributed by atoms with Crippen LogP contribution < -0.4 is 5.73 Å². The number of halogens is 1. The van der Waals surface area contributed by atoms with Crippen molar-refractivity contribution in [1.82, 2.24) is 0 Å². The number of hydrogen-bond donors (Lipinski definition) is 2. The lowest BCUT2D eigenvalue weighted by Gasteiger charge is -1.75. The molecule has 4 nitrogen and oxygen atoms in total. The summed E-state index contributed by atoms with van der Waals surface area (Å²) in [4.78, 5) is 19.0. The van der Waals surface area contributed by atoms with Crippen LogP contribution in [0.25, 0.3) is 0 Å². The minimum atomic E-state index is -0.829.